The van der Waals surface area contributed by atoms with E-state index in [0.29, 0.717) is 12.1 Å². The van der Waals surface area contributed by atoms with E-state index in [1.807, 2.05) is 5.38 Å². The number of nitro benzene ring substituents is 1. The van der Waals surface area contributed by atoms with Crippen molar-refractivity contribution in [3.8, 4) is 0 Å². The van der Waals surface area contributed by atoms with Gasteiger partial charge in [-0.25, -0.2) is 4.98 Å². The average Bonchev–Trinajstić information content (AvgIpc) is 2.93. The van der Waals surface area contributed by atoms with Gasteiger partial charge in [0, 0.05) is 34.2 Å². The number of nitrogens with one attached hydrogen (secondary N) is 1. The topological polar surface area (TPSA) is 68.1 Å². The number of benzene rings is 1. The zero-order valence-electron chi connectivity index (χ0n) is 10.9. The van der Waals surface area contributed by atoms with Crippen LogP contribution in [0.5, 0.6) is 0 Å². The number of thiazole rings is 1. The maximum Gasteiger partial charge on any atom is 0.273 e. The third-order valence-corrected chi connectivity index (χ3v) is 4.32. The predicted molar refractivity (Wildman–Crippen MR) is 82.8 cm³/mol. The highest BCUT2D eigenvalue weighted by atomic mass is 79.9. The van der Waals surface area contributed by atoms with Crippen LogP contribution in [0.25, 0.3) is 0 Å². The van der Waals surface area contributed by atoms with Crippen LogP contribution in [0.3, 0.4) is 0 Å². The highest BCUT2D eigenvalue weighted by molar-refractivity contribution is 9.10. The molecule has 1 atom stereocenters. The second-order valence-corrected chi connectivity index (χ2v) is 6.08. The fourth-order valence-electron chi connectivity index (χ4n) is 1.92. The van der Waals surface area contributed by atoms with Crippen LogP contribution in [0.4, 0.5) is 5.69 Å². The summed E-state index contributed by atoms with van der Waals surface area (Å²) < 4.78 is 0.835. The predicted octanol–water partition coefficient (Wildman–Crippen LogP) is 4.05. The molecule has 0 aliphatic rings. The Morgan fingerprint density at radius 3 is 2.95 bits per heavy atom. The van der Waals surface area contributed by atoms with Crippen molar-refractivity contribution in [1.29, 1.82) is 0 Å². The van der Waals surface area contributed by atoms with Crippen molar-refractivity contribution in [3.63, 3.8) is 0 Å². The summed E-state index contributed by atoms with van der Waals surface area (Å²) in [6.07, 6.45) is 2.65. The minimum absolute atomic E-state index is 0.119. The van der Waals surface area contributed by atoms with E-state index >= 15 is 0 Å². The van der Waals surface area contributed by atoms with Crippen molar-refractivity contribution in [2.24, 2.45) is 0 Å². The van der Waals surface area contributed by atoms with Crippen molar-refractivity contribution >= 4 is 33.0 Å². The number of hydrogen-bond acceptors (Lipinski definition) is 5. The Balaban J connectivity index is 2.13. The molecule has 0 spiro atoms. The van der Waals surface area contributed by atoms with E-state index in [-0.39, 0.29) is 16.7 Å². The minimum atomic E-state index is -0.353. The second kappa shape index (κ2) is 6.92. The molecule has 0 bridgehead atoms. The van der Waals surface area contributed by atoms with Gasteiger partial charge in [-0.2, -0.15) is 0 Å². The van der Waals surface area contributed by atoms with Crippen LogP contribution < -0.4 is 5.32 Å². The molecule has 0 radical (unpaired) electrons. The van der Waals surface area contributed by atoms with Gasteiger partial charge in [-0.1, -0.05) is 22.9 Å². The number of nitrogens with zero attached hydrogens (tertiary/aromatic N) is 2. The lowest BCUT2D eigenvalue weighted by Gasteiger charge is -2.14. The van der Waals surface area contributed by atoms with Gasteiger partial charge in [0.2, 0.25) is 0 Å². The van der Waals surface area contributed by atoms with Gasteiger partial charge in [-0.3, -0.25) is 10.1 Å². The Morgan fingerprint density at radius 1 is 1.55 bits per heavy atom. The van der Waals surface area contributed by atoms with E-state index in [4.69, 9.17) is 0 Å². The molecule has 5 nitrogen and oxygen atoms in total. The van der Waals surface area contributed by atoms with Gasteiger partial charge in [-0.05, 0) is 18.6 Å². The van der Waals surface area contributed by atoms with Crippen molar-refractivity contribution in [2.75, 3.05) is 0 Å². The Kier molecular flexibility index (Phi) is 5.22. The fraction of sp³-hybridized carbons (Fsp3) is 0.308. The quantitative estimate of drug-likeness (QED) is 0.626. The molecular weight excluding hydrogens is 342 g/mol. The van der Waals surface area contributed by atoms with Crippen LogP contribution in [0.1, 0.15) is 30.0 Å². The summed E-state index contributed by atoms with van der Waals surface area (Å²) in [6, 6.07) is 5.10. The zero-order valence-corrected chi connectivity index (χ0v) is 13.3. The molecule has 0 saturated carbocycles. The lowest BCUT2D eigenvalue weighted by molar-refractivity contribution is -0.385. The highest BCUT2D eigenvalue weighted by Gasteiger charge is 2.16. The van der Waals surface area contributed by atoms with Crippen molar-refractivity contribution < 1.29 is 4.92 Å². The second-order valence-electron chi connectivity index (χ2n) is 4.24. The molecular formula is C13H14BrN3O2S. The number of halogens is 1. The summed E-state index contributed by atoms with van der Waals surface area (Å²) in [4.78, 5) is 15.0. The van der Waals surface area contributed by atoms with Crippen LogP contribution >= 0.6 is 27.3 Å². The molecule has 1 N–H and O–H groups in total. The summed E-state index contributed by atoms with van der Waals surface area (Å²) in [5.41, 5.74) is 0.800. The summed E-state index contributed by atoms with van der Waals surface area (Å²) in [6.45, 7) is 2.50. The molecule has 0 aliphatic heterocycles. The molecule has 0 aliphatic carbocycles. The molecule has 1 aromatic heterocycles. The first-order chi connectivity index (χ1) is 9.61. The van der Waals surface area contributed by atoms with E-state index < -0.39 is 0 Å². The molecule has 0 amide bonds. The van der Waals surface area contributed by atoms with Crippen molar-refractivity contribution in [1.82, 2.24) is 10.3 Å². The van der Waals surface area contributed by atoms with E-state index in [9.17, 15) is 10.1 Å². The number of rotatable bonds is 6. The fourth-order valence-corrected chi connectivity index (χ4v) is 3.13. The molecule has 0 saturated heterocycles. The smallest absolute Gasteiger partial charge is 0.273 e. The summed E-state index contributed by atoms with van der Waals surface area (Å²) >= 11 is 4.94. The van der Waals surface area contributed by atoms with Crippen molar-refractivity contribution in [2.45, 2.75) is 25.9 Å². The largest absolute Gasteiger partial charge is 0.304 e. The van der Waals surface area contributed by atoms with E-state index in [2.05, 4.69) is 33.2 Å². The summed E-state index contributed by atoms with van der Waals surface area (Å²) in [5, 5.41) is 17.3. The normalized spacial score (nSPS) is 12.3. The third-order valence-electron chi connectivity index (χ3n) is 2.93. The number of aromatic nitrogens is 1. The summed E-state index contributed by atoms with van der Waals surface area (Å²) in [5.74, 6) is 0. The van der Waals surface area contributed by atoms with Gasteiger partial charge >= 0.3 is 0 Å². The lowest BCUT2D eigenvalue weighted by Crippen LogP contribution is -2.20. The first-order valence-electron chi connectivity index (χ1n) is 6.17. The van der Waals surface area contributed by atoms with E-state index in [1.54, 1.807) is 29.7 Å². The molecule has 1 unspecified atom stereocenters. The third kappa shape index (κ3) is 3.62. The number of nitro groups is 1. The molecule has 106 valence electrons. The van der Waals surface area contributed by atoms with Gasteiger partial charge in [0.05, 0.1) is 11.0 Å². The minimum Gasteiger partial charge on any atom is -0.304 e. The first-order valence-corrected chi connectivity index (χ1v) is 7.84. The van der Waals surface area contributed by atoms with Crippen LogP contribution in [-0.2, 0) is 6.54 Å². The van der Waals surface area contributed by atoms with Gasteiger partial charge in [0.15, 0.2) is 0 Å². The molecule has 2 rings (SSSR count). The monoisotopic (exact) mass is 355 g/mol. The average molecular weight is 356 g/mol. The van der Waals surface area contributed by atoms with Crippen LogP contribution in [0.2, 0.25) is 0 Å². The molecule has 7 heteroatoms. The molecule has 1 heterocycles. The van der Waals surface area contributed by atoms with Gasteiger partial charge in [-0.15, -0.1) is 11.3 Å². The van der Waals surface area contributed by atoms with Crippen molar-refractivity contribution in [3.05, 3.63) is 54.9 Å². The highest BCUT2D eigenvalue weighted by Crippen LogP contribution is 2.25. The Labute approximate surface area is 129 Å². The zero-order chi connectivity index (χ0) is 14.5. The Morgan fingerprint density at radius 2 is 2.35 bits per heavy atom. The maximum absolute atomic E-state index is 11.0. The van der Waals surface area contributed by atoms with Crippen LogP contribution in [-0.4, -0.2) is 9.91 Å². The molecule has 20 heavy (non-hydrogen) atoms. The van der Waals surface area contributed by atoms with Crippen LogP contribution in [0.15, 0.2) is 34.2 Å². The number of hydrogen-bond donors (Lipinski definition) is 1. The Bertz CT molecular complexity index is 589. The first kappa shape index (κ1) is 15.1. The van der Waals surface area contributed by atoms with Crippen LogP contribution in [0, 0.1) is 10.1 Å². The lowest BCUT2D eigenvalue weighted by atomic mass is 10.1. The Hall–Kier alpha value is -1.31. The van der Waals surface area contributed by atoms with Gasteiger partial charge in [0.1, 0.15) is 5.01 Å². The molecule has 0 fully saturated rings. The molecule has 2 aromatic rings. The maximum atomic E-state index is 11.0. The van der Waals surface area contributed by atoms with Gasteiger partial charge < -0.3 is 5.32 Å². The summed E-state index contributed by atoms with van der Waals surface area (Å²) in [7, 11) is 0. The standard InChI is InChI=1S/C13H14BrN3O2S/c1-2-11(13-15-5-6-20-13)16-8-9-7-10(14)3-4-12(9)17(18)19/h3-7,11,16H,2,8H2,1H3. The SMILES string of the molecule is CCC(NCc1cc(Br)ccc1[N+](=O)[O-])c1nccs1. The van der Waals surface area contributed by atoms with Gasteiger partial charge in [0.25, 0.3) is 5.69 Å². The molecule has 1 aromatic carbocycles. The van der Waals surface area contributed by atoms with E-state index in [0.717, 1.165) is 15.9 Å². The van der Waals surface area contributed by atoms with E-state index in [1.165, 1.54) is 6.07 Å².